The number of nitrogens with zero attached hydrogens (tertiary/aromatic N) is 2. The Bertz CT molecular complexity index is 801. The van der Waals surface area contributed by atoms with Gasteiger partial charge in [0.2, 0.25) is 0 Å². The fraction of sp³-hybridized carbons (Fsp3) is 0.235. The molecule has 2 aromatic rings. The highest BCUT2D eigenvalue weighted by atomic mass is 32.2. The maximum Gasteiger partial charge on any atom is 0.255 e. The first-order valence-electron chi connectivity index (χ1n) is 7.68. The number of nitrogens with one attached hydrogen (secondary N) is 1. The highest BCUT2D eigenvalue weighted by Crippen LogP contribution is 2.24. The second-order valence-corrected chi connectivity index (χ2v) is 6.90. The van der Waals surface area contributed by atoms with Crippen LogP contribution in [0.2, 0.25) is 0 Å². The van der Waals surface area contributed by atoms with Gasteiger partial charge >= 0.3 is 0 Å². The zero-order valence-corrected chi connectivity index (χ0v) is 13.9. The Hall–Kier alpha value is -2.38. The lowest BCUT2D eigenvalue weighted by molar-refractivity contribution is 0.122. The predicted molar refractivity (Wildman–Crippen MR) is 95.3 cm³/mol. The van der Waals surface area contributed by atoms with Gasteiger partial charge in [0.15, 0.2) is 5.82 Å². The summed E-state index contributed by atoms with van der Waals surface area (Å²) in [5, 5.41) is 1.17. The minimum absolute atomic E-state index is 0.470. The van der Waals surface area contributed by atoms with Gasteiger partial charge in [0.25, 0.3) is 10.0 Å². The normalized spacial score (nSPS) is 15.6. The quantitative estimate of drug-likeness (QED) is 0.900. The van der Waals surface area contributed by atoms with Crippen LogP contribution in [0.15, 0.2) is 54.1 Å². The summed E-state index contributed by atoms with van der Waals surface area (Å²) in [4.78, 5) is 6.34. The molecule has 3 rings (SSSR count). The van der Waals surface area contributed by atoms with Crippen LogP contribution in [0.1, 0.15) is 5.56 Å². The summed E-state index contributed by atoms with van der Waals surface area (Å²) < 4.78 is 32.6. The Labute approximate surface area is 141 Å². The number of anilines is 2. The molecule has 1 saturated heterocycles. The van der Waals surface area contributed by atoms with Crippen LogP contribution in [-0.4, -0.2) is 39.7 Å². The summed E-state index contributed by atoms with van der Waals surface area (Å²) >= 11 is 0. The van der Waals surface area contributed by atoms with E-state index in [2.05, 4.69) is 9.71 Å². The molecule has 1 fully saturated rings. The van der Waals surface area contributed by atoms with Gasteiger partial charge in [0.1, 0.15) is 0 Å². The number of ether oxygens (including phenoxy) is 1. The number of aromatic nitrogens is 1. The first-order chi connectivity index (χ1) is 11.6. The standard InChI is InChI=1S/C17H19N3O3S/c21-24(22,14-8-15-5-2-1-3-6-15)19-16-7-4-9-18-17(16)20-10-12-23-13-11-20/h1-9,14,19H,10-13H2. The third-order valence-electron chi connectivity index (χ3n) is 3.59. The van der Waals surface area contributed by atoms with Crippen molar-refractivity contribution < 1.29 is 13.2 Å². The summed E-state index contributed by atoms with van der Waals surface area (Å²) in [5.74, 6) is 0.623. The summed E-state index contributed by atoms with van der Waals surface area (Å²) in [5.41, 5.74) is 1.29. The maximum absolute atomic E-state index is 12.3. The van der Waals surface area contributed by atoms with Crippen LogP contribution < -0.4 is 9.62 Å². The molecule has 1 aliphatic rings. The molecule has 6 nitrogen and oxygen atoms in total. The van der Waals surface area contributed by atoms with Gasteiger partial charge in [-0.3, -0.25) is 4.72 Å². The van der Waals surface area contributed by atoms with Crippen LogP contribution in [0, 0.1) is 0 Å². The summed E-state index contributed by atoms with van der Waals surface area (Å²) in [6.45, 7) is 2.59. The topological polar surface area (TPSA) is 71.5 Å². The minimum atomic E-state index is -3.62. The first kappa shape index (κ1) is 16.5. The Morgan fingerprint density at radius 3 is 2.58 bits per heavy atom. The Morgan fingerprint density at radius 2 is 1.83 bits per heavy atom. The second-order valence-electron chi connectivity index (χ2n) is 5.33. The van der Waals surface area contributed by atoms with Gasteiger partial charge in [-0.05, 0) is 23.8 Å². The molecule has 0 bridgehead atoms. The third-order valence-corrected chi connectivity index (χ3v) is 4.59. The Morgan fingerprint density at radius 1 is 1.08 bits per heavy atom. The average molecular weight is 345 g/mol. The average Bonchev–Trinajstić information content (AvgIpc) is 2.62. The van der Waals surface area contributed by atoms with Crippen molar-refractivity contribution >= 4 is 27.6 Å². The van der Waals surface area contributed by atoms with E-state index in [0.29, 0.717) is 37.8 Å². The molecule has 0 unspecified atom stereocenters. The number of hydrogen-bond acceptors (Lipinski definition) is 5. The number of rotatable bonds is 5. The van der Waals surface area contributed by atoms with Gasteiger partial charge < -0.3 is 9.64 Å². The van der Waals surface area contributed by atoms with Crippen molar-refractivity contribution in [2.24, 2.45) is 0 Å². The molecule has 126 valence electrons. The van der Waals surface area contributed by atoms with Crippen LogP contribution in [0.5, 0.6) is 0 Å². The molecule has 0 aliphatic carbocycles. The molecular weight excluding hydrogens is 326 g/mol. The lowest BCUT2D eigenvalue weighted by atomic mass is 10.2. The van der Waals surface area contributed by atoms with Crippen molar-refractivity contribution in [3.63, 3.8) is 0 Å². The molecular formula is C17H19N3O3S. The van der Waals surface area contributed by atoms with E-state index in [1.807, 2.05) is 35.2 Å². The summed E-state index contributed by atoms with van der Waals surface area (Å²) in [6.07, 6.45) is 3.22. The smallest absolute Gasteiger partial charge is 0.255 e. The van der Waals surface area contributed by atoms with E-state index in [9.17, 15) is 8.42 Å². The molecule has 1 aromatic heterocycles. The number of morpholine rings is 1. The van der Waals surface area contributed by atoms with Gasteiger partial charge in [-0.1, -0.05) is 30.3 Å². The molecule has 0 atom stereocenters. The molecule has 0 saturated carbocycles. The maximum atomic E-state index is 12.3. The van der Waals surface area contributed by atoms with Crippen molar-refractivity contribution in [1.29, 1.82) is 0 Å². The lowest BCUT2D eigenvalue weighted by Gasteiger charge is -2.29. The van der Waals surface area contributed by atoms with E-state index < -0.39 is 10.0 Å². The zero-order chi connectivity index (χ0) is 16.8. The molecule has 1 aliphatic heterocycles. The van der Waals surface area contributed by atoms with Gasteiger partial charge in [-0.2, -0.15) is 0 Å². The van der Waals surface area contributed by atoms with E-state index in [0.717, 1.165) is 5.56 Å². The van der Waals surface area contributed by atoms with E-state index in [1.165, 1.54) is 5.41 Å². The Balaban J connectivity index is 1.78. The third kappa shape index (κ3) is 4.33. The van der Waals surface area contributed by atoms with E-state index in [1.54, 1.807) is 24.4 Å². The molecule has 24 heavy (non-hydrogen) atoms. The Kier molecular flexibility index (Phi) is 5.12. The zero-order valence-electron chi connectivity index (χ0n) is 13.1. The van der Waals surface area contributed by atoms with Crippen molar-refractivity contribution in [3.05, 3.63) is 59.6 Å². The molecule has 0 radical (unpaired) electrons. The second kappa shape index (κ2) is 7.46. The van der Waals surface area contributed by atoms with Crippen molar-refractivity contribution in [1.82, 2.24) is 4.98 Å². The number of sulfonamides is 1. The fourth-order valence-electron chi connectivity index (χ4n) is 2.42. The van der Waals surface area contributed by atoms with Gasteiger partial charge in [0, 0.05) is 19.3 Å². The van der Waals surface area contributed by atoms with Crippen LogP contribution in [0.4, 0.5) is 11.5 Å². The molecule has 7 heteroatoms. The largest absolute Gasteiger partial charge is 0.378 e. The monoisotopic (exact) mass is 345 g/mol. The van der Waals surface area contributed by atoms with Crippen LogP contribution in [-0.2, 0) is 14.8 Å². The van der Waals surface area contributed by atoms with Crippen LogP contribution in [0.3, 0.4) is 0 Å². The molecule has 0 spiro atoms. The van der Waals surface area contributed by atoms with Crippen molar-refractivity contribution in [2.75, 3.05) is 35.9 Å². The van der Waals surface area contributed by atoms with E-state index >= 15 is 0 Å². The van der Waals surface area contributed by atoms with E-state index in [4.69, 9.17) is 4.74 Å². The van der Waals surface area contributed by atoms with Crippen molar-refractivity contribution in [3.8, 4) is 0 Å². The van der Waals surface area contributed by atoms with Crippen molar-refractivity contribution in [2.45, 2.75) is 0 Å². The SMILES string of the molecule is O=S(=O)(C=Cc1ccccc1)Nc1cccnc1N1CCOCC1. The highest BCUT2D eigenvalue weighted by Gasteiger charge is 2.18. The summed E-state index contributed by atoms with van der Waals surface area (Å²) in [6, 6.07) is 12.7. The fourth-order valence-corrected chi connectivity index (χ4v) is 3.29. The van der Waals surface area contributed by atoms with Gasteiger partial charge in [-0.25, -0.2) is 13.4 Å². The molecule has 0 amide bonds. The lowest BCUT2D eigenvalue weighted by Crippen LogP contribution is -2.37. The molecule has 1 N–H and O–H groups in total. The summed E-state index contributed by atoms with van der Waals surface area (Å²) in [7, 11) is -3.62. The van der Waals surface area contributed by atoms with Crippen LogP contribution >= 0.6 is 0 Å². The van der Waals surface area contributed by atoms with Crippen LogP contribution in [0.25, 0.3) is 6.08 Å². The van der Waals surface area contributed by atoms with Gasteiger partial charge in [-0.15, -0.1) is 0 Å². The van der Waals surface area contributed by atoms with Gasteiger partial charge in [0.05, 0.1) is 24.3 Å². The first-order valence-corrected chi connectivity index (χ1v) is 9.22. The minimum Gasteiger partial charge on any atom is -0.378 e. The molecule has 1 aromatic carbocycles. The number of pyridine rings is 1. The highest BCUT2D eigenvalue weighted by molar-refractivity contribution is 7.95. The molecule has 2 heterocycles. The number of hydrogen-bond donors (Lipinski definition) is 1. The predicted octanol–water partition coefficient (Wildman–Crippen LogP) is 2.33. The number of benzene rings is 1. The van der Waals surface area contributed by atoms with E-state index in [-0.39, 0.29) is 0 Å².